The van der Waals surface area contributed by atoms with E-state index in [1.807, 2.05) is 32.2 Å². The van der Waals surface area contributed by atoms with Gasteiger partial charge in [-0.15, -0.1) is 0 Å². The zero-order valence-electron chi connectivity index (χ0n) is 16.5. The molecule has 0 radical (unpaired) electrons. The monoisotopic (exact) mass is 387 g/mol. The molecule has 3 N–H and O–H groups in total. The second-order valence-electron chi connectivity index (χ2n) is 7.40. The normalized spacial score (nSPS) is 16.1. The number of amides is 1. The molecule has 2 aromatic heterocycles. The summed E-state index contributed by atoms with van der Waals surface area (Å²) in [7, 11) is 0. The number of benzene rings is 1. The van der Waals surface area contributed by atoms with E-state index in [0.717, 1.165) is 57.3 Å². The lowest BCUT2D eigenvalue weighted by atomic mass is 9.93. The number of aromatic nitrogens is 3. The Hall–Kier alpha value is -3.61. The molecule has 0 saturated heterocycles. The fraction of sp³-hybridized carbons (Fsp3) is 0.227. The summed E-state index contributed by atoms with van der Waals surface area (Å²) in [5.41, 5.74) is 8.30. The standard InChI is InChI=1S/C22H21N5O2/c1-11-6-19-16(17(21(28)27-19)7-14-9-24-13(3)26-14)8-15(11)18-10-25-22-20(12(18)2)23-4-5-29-22/h6-10,23H,4-5H2,1-3H3,(H,24,26)(H,27,28)/b17-7-. The first-order chi connectivity index (χ1) is 14.0. The molecule has 3 aromatic rings. The van der Waals surface area contributed by atoms with Gasteiger partial charge < -0.3 is 20.4 Å². The number of hydrogen-bond donors (Lipinski definition) is 3. The van der Waals surface area contributed by atoms with Crippen LogP contribution in [0.5, 0.6) is 5.88 Å². The summed E-state index contributed by atoms with van der Waals surface area (Å²) >= 11 is 0. The van der Waals surface area contributed by atoms with Crippen molar-refractivity contribution in [2.24, 2.45) is 0 Å². The molecule has 7 heteroatoms. The number of carbonyl (C=O) groups is 1. The van der Waals surface area contributed by atoms with Crippen molar-refractivity contribution in [1.29, 1.82) is 0 Å². The van der Waals surface area contributed by atoms with Crippen LogP contribution in [0, 0.1) is 20.8 Å². The average Bonchev–Trinajstić information content (AvgIpc) is 3.25. The van der Waals surface area contributed by atoms with Crippen LogP contribution in [0.3, 0.4) is 0 Å². The Bertz CT molecular complexity index is 1190. The fourth-order valence-electron chi connectivity index (χ4n) is 3.94. The molecule has 29 heavy (non-hydrogen) atoms. The lowest BCUT2D eigenvalue weighted by molar-refractivity contribution is -0.110. The molecule has 2 aliphatic rings. The van der Waals surface area contributed by atoms with Gasteiger partial charge in [0.05, 0.1) is 17.5 Å². The Labute approximate surface area is 168 Å². The number of carbonyl (C=O) groups excluding carboxylic acids is 1. The Balaban J connectivity index is 1.65. The maximum Gasteiger partial charge on any atom is 0.256 e. The number of nitrogens with zero attached hydrogens (tertiary/aromatic N) is 2. The van der Waals surface area contributed by atoms with Gasteiger partial charge in [-0.2, -0.15) is 0 Å². The lowest BCUT2D eigenvalue weighted by Crippen LogP contribution is -2.20. The lowest BCUT2D eigenvalue weighted by Gasteiger charge is -2.22. The van der Waals surface area contributed by atoms with Crippen molar-refractivity contribution in [3.8, 4) is 17.0 Å². The van der Waals surface area contributed by atoms with E-state index in [1.54, 1.807) is 6.20 Å². The number of pyridine rings is 1. The number of nitrogens with one attached hydrogen (secondary N) is 3. The zero-order valence-corrected chi connectivity index (χ0v) is 16.5. The Kier molecular flexibility index (Phi) is 3.91. The van der Waals surface area contributed by atoms with Gasteiger partial charge in [-0.3, -0.25) is 4.79 Å². The van der Waals surface area contributed by atoms with E-state index in [-0.39, 0.29) is 5.91 Å². The third-order valence-corrected chi connectivity index (χ3v) is 5.41. The summed E-state index contributed by atoms with van der Waals surface area (Å²) in [5, 5.41) is 6.36. The number of ether oxygens (including phenoxy) is 1. The molecule has 146 valence electrons. The van der Waals surface area contributed by atoms with E-state index in [1.165, 1.54) is 0 Å². The van der Waals surface area contributed by atoms with Crippen molar-refractivity contribution in [3.63, 3.8) is 0 Å². The van der Waals surface area contributed by atoms with Crippen LogP contribution >= 0.6 is 0 Å². The molecule has 1 amide bonds. The molecule has 0 aliphatic carbocycles. The number of aromatic amines is 1. The predicted molar refractivity (Wildman–Crippen MR) is 113 cm³/mol. The van der Waals surface area contributed by atoms with E-state index in [4.69, 9.17) is 4.74 Å². The van der Waals surface area contributed by atoms with Gasteiger partial charge in [0.25, 0.3) is 5.91 Å². The highest BCUT2D eigenvalue weighted by atomic mass is 16.5. The van der Waals surface area contributed by atoms with Crippen molar-refractivity contribution >= 4 is 28.9 Å². The number of H-pyrrole nitrogens is 1. The minimum absolute atomic E-state index is 0.112. The molecule has 0 fully saturated rings. The molecule has 7 nitrogen and oxygen atoms in total. The molecule has 4 heterocycles. The van der Waals surface area contributed by atoms with Crippen LogP contribution in [0.15, 0.2) is 24.5 Å². The Morgan fingerprint density at radius 3 is 2.72 bits per heavy atom. The van der Waals surface area contributed by atoms with Crippen LogP contribution < -0.4 is 15.4 Å². The first-order valence-electron chi connectivity index (χ1n) is 9.57. The topological polar surface area (TPSA) is 91.9 Å². The molecular formula is C22H21N5O2. The van der Waals surface area contributed by atoms with Crippen LogP contribution in [-0.2, 0) is 4.79 Å². The van der Waals surface area contributed by atoms with Gasteiger partial charge in [-0.1, -0.05) is 0 Å². The van der Waals surface area contributed by atoms with Crippen molar-refractivity contribution in [3.05, 3.63) is 52.7 Å². The molecule has 5 rings (SSSR count). The molecule has 0 atom stereocenters. The Morgan fingerprint density at radius 2 is 1.93 bits per heavy atom. The van der Waals surface area contributed by atoms with Crippen molar-refractivity contribution in [2.45, 2.75) is 20.8 Å². The third-order valence-electron chi connectivity index (χ3n) is 5.41. The van der Waals surface area contributed by atoms with Gasteiger partial charge in [0.15, 0.2) is 0 Å². The number of anilines is 2. The van der Waals surface area contributed by atoms with Crippen LogP contribution in [0.25, 0.3) is 22.8 Å². The largest absolute Gasteiger partial charge is 0.474 e. The second-order valence-corrected chi connectivity index (χ2v) is 7.40. The number of fused-ring (bicyclic) bond motifs is 2. The van der Waals surface area contributed by atoms with Gasteiger partial charge in [0.1, 0.15) is 18.1 Å². The Morgan fingerprint density at radius 1 is 1.07 bits per heavy atom. The van der Waals surface area contributed by atoms with E-state index < -0.39 is 0 Å². The van der Waals surface area contributed by atoms with Gasteiger partial charge in [-0.05, 0) is 55.7 Å². The summed E-state index contributed by atoms with van der Waals surface area (Å²) in [6, 6.07) is 4.09. The van der Waals surface area contributed by atoms with Crippen molar-refractivity contribution in [1.82, 2.24) is 15.0 Å². The van der Waals surface area contributed by atoms with Gasteiger partial charge in [0.2, 0.25) is 5.88 Å². The van der Waals surface area contributed by atoms with Crippen LogP contribution in [0.1, 0.15) is 28.2 Å². The minimum Gasteiger partial charge on any atom is -0.474 e. The zero-order chi connectivity index (χ0) is 20.1. The average molecular weight is 387 g/mol. The first-order valence-corrected chi connectivity index (χ1v) is 9.57. The number of imidazole rings is 1. The summed E-state index contributed by atoms with van der Waals surface area (Å²) in [5.74, 6) is 1.34. The molecule has 0 spiro atoms. The van der Waals surface area contributed by atoms with Crippen molar-refractivity contribution in [2.75, 3.05) is 23.8 Å². The number of rotatable bonds is 2. The third kappa shape index (κ3) is 2.86. The van der Waals surface area contributed by atoms with Gasteiger partial charge in [0, 0.05) is 29.6 Å². The number of aryl methyl sites for hydroxylation is 2. The van der Waals surface area contributed by atoms with Crippen molar-refractivity contribution < 1.29 is 9.53 Å². The van der Waals surface area contributed by atoms with E-state index in [0.29, 0.717) is 18.1 Å². The SMILES string of the molecule is Cc1ncc(/C=C2\C(=O)Nc3cc(C)c(-c4cnc5c(c4C)NCCO5)cc32)[nH]1. The second kappa shape index (κ2) is 6.48. The highest BCUT2D eigenvalue weighted by Gasteiger charge is 2.27. The quantitative estimate of drug-likeness (QED) is 0.583. The molecule has 1 aromatic carbocycles. The highest BCUT2D eigenvalue weighted by molar-refractivity contribution is 6.35. The molecule has 0 bridgehead atoms. The predicted octanol–water partition coefficient (Wildman–Crippen LogP) is 3.69. The fourth-order valence-corrected chi connectivity index (χ4v) is 3.94. The molecular weight excluding hydrogens is 366 g/mol. The summed E-state index contributed by atoms with van der Waals surface area (Å²) in [4.78, 5) is 24.5. The smallest absolute Gasteiger partial charge is 0.256 e. The number of hydrogen-bond acceptors (Lipinski definition) is 5. The highest BCUT2D eigenvalue weighted by Crippen LogP contribution is 2.41. The van der Waals surface area contributed by atoms with Crippen LogP contribution in [0.4, 0.5) is 11.4 Å². The maximum absolute atomic E-state index is 12.6. The first kappa shape index (κ1) is 17.5. The molecule has 0 saturated carbocycles. The van der Waals surface area contributed by atoms with E-state index in [2.05, 4.69) is 38.6 Å². The van der Waals surface area contributed by atoms with Gasteiger partial charge in [-0.25, -0.2) is 9.97 Å². The minimum atomic E-state index is -0.112. The summed E-state index contributed by atoms with van der Waals surface area (Å²) in [6.45, 7) is 7.38. The summed E-state index contributed by atoms with van der Waals surface area (Å²) in [6.07, 6.45) is 5.42. The summed E-state index contributed by atoms with van der Waals surface area (Å²) < 4.78 is 5.65. The van der Waals surface area contributed by atoms with E-state index >= 15 is 0 Å². The van der Waals surface area contributed by atoms with Crippen LogP contribution in [-0.4, -0.2) is 34.0 Å². The van der Waals surface area contributed by atoms with Gasteiger partial charge >= 0.3 is 0 Å². The van der Waals surface area contributed by atoms with Crippen LogP contribution in [0.2, 0.25) is 0 Å². The molecule has 2 aliphatic heterocycles. The maximum atomic E-state index is 12.6. The van der Waals surface area contributed by atoms with E-state index in [9.17, 15) is 4.79 Å². The molecule has 0 unspecified atom stereocenters.